The van der Waals surface area contributed by atoms with Crippen molar-refractivity contribution in [3.8, 4) is 0 Å². The first-order chi connectivity index (χ1) is 6.81. The van der Waals surface area contributed by atoms with Gasteiger partial charge in [0.15, 0.2) is 0 Å². The fourth-order valence-electron chi connectivity index (χ4n) is 2.76. The molecule has 2 rings (SSSR count). The fourth-order valence-corrected chi connectivity index (χ4v) is 2.76. The van der Waals surface area contributed by atoms with Gasteiger partial charge in [0.05, 0.1) is 12.5 Å². The maximum absolute atomic E-state index is 11.5. The molecular weight excluding hydrogens is 178 g/mol. The zero-order valence-corrected chi connectivity index (χ0v) is 8.79. The van der Waals surface area contributed by atoms with E-state index in [1.165, 1.54) is 12.8 Å². The molecule has 1 aliphatic carbocycles. The number of rotatable bonds is 2. The van der Waals surface area contributed by atoms with Gasteiger partial charge >= 0.3 is 5.97 Å². The topological polar surface area (TPSA) is 38.3 Å². The first-order valence-electron chi connectivity index (χ1n) is 5.71. The number of carbonyl (C=O) groups is 1. The minimum atomic E-state index is 0.0136. The third-order valence-electron chi connectivity index (χ3n) is 3.53. The molecule has 1 saturated carbocycles. The summed E-state index contributed by atoms with van der Waals surface area (Å²) in [6.07, 6.45) is 4.51. The first kappa shape index (κ1) is 9.97. The highest BCUT2D eigenvalue weighted by Crippen LogP contribution is 2.34. The van der Waals surface area contributed by atoms with Gasteiger partial charge in [-0.05, 0) is 45.1 Å². The summed E-state index contributed by atoms with van der Waals surface area (Å²) in [4.78, 5) is 11.5. The molecule has 1 saturated heterocycles. The molecule has 1 heterocycles. The largest absolute Gasteiger partial charge is 0.466 e. The van der Waals surface area contributed by atoms with Gasteiger partial charge in [-0.2, -0.15) is 0 Å². The van der Waals surface area contributed by atoms with Gasteiger partial charge in [0, 0.05) is 6.04 Å². The molecule has 0 bridgehead atoms. The van der Waals surface area contributed by atoms with Crippen molar-refractivity contribution >= 4 is 5.97 Å². The van der Waals surface area contributed by atoms with Crippen molar-refractivity contribution in [3.05, 3.63) is 0 Å². The zero-order chi connectivity index (χ0) is 9.97. The van der Waals surface area contributed by atoms with Gasteiger partial charge < -0.3 is 10.1 Å². The van der Waals surface area contributed by atoms with Crippen LogP contribution in [0, 0.1) is 11.8 Å². The Hall–Kier alpha value is -0.570. The minimum absolute atomic E-state index is 0.0136. The smallest absolute Gasteiger partial charge is 0.308 e. The standard InChI is InChI=1S/C11H19NO2/c1-2-14-11(13)9-4-3-8-5-6-12-10(8)7-9/h8-10,12H,2-7H2,1H3/t8-,9?,10-/m1/s1. The van der Waals surface area contributed by atoms with Crippen LogP contribution in [-0.2, 0) is 9.53 Å². The number of esters is 1. The molecule has 80 valence electrons. The van der Waals surface area contributed by atoms with Crippen LogP contribution in [0.5, 0.6) is 0 Å². The molecule has 2 aliphatic rings. The van der Waals surface area contributed by atoms with Gasteiger partial charge in [0.2, 0.25) is 0 Å². The molecule has 0 radical (unpaired) electrons. The molecule has 0 aromatic carbocycles. The summed E-state index contributed by atoms with van der Waals surface area (Å²) in [7, 11) is 0. The van der Waals surface area contributed by atoms with Crippen LogP contribution in [0.4, 0.5) is 0 Å². The number of hydrogen-bond acceptors (Lipinski definition) is 3. The Morgan fingerprint density at radius 3 is 3.07 bits per heavy atom. The van der Waals surface area contributed by atoms with Crippen LogP contribution in [0.2, 0.25) is 0 Å². The van der Waals surface area contributed by atoms with Crippen molar-refractivity contribution in [1.82, 2.24) is 5.32 Å². The normalized spacial score (nSPS) is 36.5. The lowest BCUT2D eigenvalue weighted by Gasteiger charge is -2.30. The van der Waals surface area contributed by atoms with Gasteiger partial charge in [-0.15, -0.1) is 0 Å². The second kappa shape index (κ2) is 4.30. The van der Waals surface area contributed by atoms with Crippen LogP contribution >= 0.6 is 0 Å². The number of ether oxygens (including phenoxy) is 1. The average molecular weight is 197 g/mol. The summed E-state index contributed by atoms with van der Waals surface area (Å²) in [5.74, 6) is 0.988. The Bertz CT molecular complexity index is 217. The van der Waals surface area contributed by atoms with E-state index in [4.69, 9.17) is 4.74 Å². The highest BCUT2D eigenvalue weighted by Gasteiger charge is 2.36. The molecule has 0 aromatic heterocycles. The zero-order valence-electron chi connectivity index (χ0n) is 8.79. The lowest BCUT2D eigenvalue weighted by molar-refractivity contribution is -0.149. The highest BCUT2D eigenvalue weighted by molar-refractivity contribution is 5.72. The van der Waals surface area contributed by atoms with Gasteiger partial charge in [0.1, 0.15) is 0 Å². The van der Waals surface area contributed by atoms with Crippen LogP contribution in [0.1, 0.15) is 32.6 Å². The summed E-state index contributed by atoms with van der Waals surface area (Å²) in [6, 6.07) is 0.582. The van der Waals surface area contributed by atoms with Crippen LogP contribution in [-0.4, -0.2) is 25.2 Å². The van der Waals surface area contributed by atoms with E-state index >= 15 is 0 Å². The first-order valence-corrected chi connectivity index (χ1v) is 5.71. The monoisotopic (exact) mass is 197 g/mol. The van der Waals surface area contributed by atoms with E-state index in [1.54, 1.807) is 0 Å². The molecule has 14 heavy (non-hydrogen) atoms. The minimum Gasteiger partial charge on any atom is -0.466 e. The average Bonchev–Trinajstić information content (AvgIpc) is 2.64. The van der Waals surface area contributed by atoms with E-state index in [1.807, 2.05) is 6.92 Å². The van der Waals surface area contributed by atoms with Crippen molar-refractivity contribution in [1.29, 1.82) is 0 Å². The van der Waals surface area contributed by atoms with Crippen molar-refractivity contribution in [2.45, 2.75) is 38.6 Å². The van der Waals surface area contributed by atoms with Crippen LogP contribution < -0.4 is 5.32 Å². The molecule has 0 amide bonds. The van der Waals surface area contributed by atoms with Gasteiger partial charge in [-0.25, -0.2) is 0 Å². The molecule has 1 N–H and O–H groups in total. The molecule has 1 unspecified atom stereocenters. The quantitative estimate of drug-likeness (QED) is 0.679. The molecule has 0 spiro atoms. The third kappa shape index (κ3) is 1.92. The number of nitrogens with one attached hydrogen (secondary N) is 1. The van der Waals surface area contributed by atoms with E-state index in [9.17, 15) is 4.79 Å². The Labute approximate surface area is 85.2 Å². The third-order valence-corrected chi connectivity index (χ3v) is 3.53. The summed E-state index contributed by atoms with van der Waals surface area (Å²) in [5.41, 5.74) is 0. The van der Waals surface area contributed by atoms with Crippen LogP contribution in [0.15, 0.2) is 0 Å². The SMILES string of the molecule is CCOC(=O)C1CC[C@@H]2CCN[C@@H]2C1. The fraction of sp³-hybridized carbons (Fsp3) is 0.909. The molecule has 3 nitrogen and oxygen atoms in total. The molecule has 1 aliphatic heterocycles. The molecular formula is C11H19NO2. The predicted octanol–water partition coefficient (Wildman–Crippen LogP) is 1.33. The van der Waals surface area contributed by atoms with Gasteiger partial charge in [0.25, 0.3) is 0 Å². The van der Waals surface area contributed by atoms with Crippen LogP contribution in [0.3, 0.4) is 0 Å². The molecule has 3 atom stereocenters. The van der Waals surface area contributed by atoms with E-state index in [0.717, 1.165) is 25.3 Å². The summed E-state index contributed by atoms with van der Waals surface area (Å²) >= 11 is 0. The maximum atomic E-state index is 11.5. The predicted molar refractivity (Wildman–Crippen MR) is 53.9 cm³/mol. The Kier molecular flexibility index (Phi) is 3.06. The summed E-state index contributed by atoms with van der Waals surface area (Å²) < 4.78 is 5.06. The Balaban J connectivity index is 1.87. The second-order valence-electron chi connectivity index (χ2n) is 4.37. The molecule has 2 fully saturated rings. The highest BCUT2D eigenvalue weighted by atomic mass is 16.5. The number of hydrogen-bond donors (Lipinski definition) is 1. The number of carbonyl (C=O) groups excluding carboxylic acids is 1. The van der Waals surface area contributed by atoms with E-state index in [-0.39, 0.29) is 11.9 Å². The van der Waals surface area contributed by atoms with Crippen molar-refractivity contribution in [2.24, 2.45) is 11.8 Å². The lowest BCUT2D eigenvalue weighted by atomic mass is 9.79. The van der Waals surface area contributed by atoms with E-state index in [0.29, 0.717) is 12.6 Å². The molecule has 0 aromatic rings. The van der Waals surface area contributed by atoms with E-state index < -0.39 is 0 Å². The van der Waals surface area contributed by atoms with Crippen molar-refractivity contribution in [3.63, 3.8) is 0 Å². The van der Waals surface area contributed by atoms with E-state index in [2.05, 4.69) is 5.32 Å². The summed E-state index contributed by atoms with van der Waals surface area (Å²) in [5, 5.41) is 3.48. The molecule has 3 heteroatoms. The summed E-state index contributed by atoms with van der Waals surface area (Å²) in [6.45, 7) is 3.51. The number of fused-ring (bicyclic) bond motifs is 1. The van der Waals surface area contributed by atoms with Crippen molar-refractivity contribution in [2.75, 3.05) is 13.2 Å². The Morgan fingerprint density at radius 1 is 1.43 bits per heavy atom. The van der Waals surface area contributed by atoms with Gasteiger partial charge in [-0.1, -0.05) is 0 Å². The second-order valence-corrected chi connectivity index (χ2v) is 4.37. The van der Waals surface area contributed by atoms with Gasteiger partial charge in [-0.3, -0.25) is 4.79 Å². The maximum Gasteiger partial charge on any atom is 0.308 e. The lowest BCUT2D eigenvalue weighted by Crippen LogP contribution is -2.36. The Morgan fingerprint density at radius 2 is 2.29 bits per heavy atom. The van der Waals surface area contributed by atoms with Crippen LogP contribution in [0.25, 0.3) is 0 Å². The van der Waals surface area contributed by atoms with Crippen molar-refractivity contribution < 1.29 is 9.53 Å².